The fraction of sp³-hybridized carbons (Fsp3) is 0.520. The molecule has 1 N–H and O–H groups in total. The molecule has 0 spiro atoms. The lowest BCUT2D eigenvalue weighted by Gasteiger charge is -2.50. The largest absolute Gasteiger partial charge is 0.390 e. The molecule has 1 saturated carbocycles. The molecule has 160 valence electrons. The monoisotopic (exact) mass is 532 g/mol. The van der Waals surface area contributed by atoms with E-state index >= 15 is 0 Å². The molecule has 30 heavy (non-hydrogen) atoms. The van der Waals surface area contributed by atoms with E-state index in [1.807, 2.05) is 0 Å². The summed E-state index contributed by atoms with van der Waals surface area (Å²) in [4.78, 5) is 2.52. The second-order valence-electron chi connectivity index (χ2n) is 10.3. The number of rotatable bonds is 4. The predicted molar refractivity (Wildman–Crippen MR) is 132 cm³/mol. The van der Waals surface area contributed by atoms with Gasteiger partial charge < -0.3 is 9.67 Å². The van der Waals surface area contributed by atoms with Crippen LogP contribution in [-0.2, 0) is 6.54 Å². The van der Waals surface area contributed by atoms with Crippen LogP contribution in [0.25, 0.3) is 21.8 Å². The summed E-state index contributed by atoms with van der Waals surface area (Å²) in [5.41, 5.74) is 3.12. The maximum absolute atomic E-state index is 11.1. The van der Waals surface area contributed by atoms with E-state index in [1.54, 1.807) is 0 Å². The summed E-state index contributed by atoms with van der Waals surface area (Å²) in [6.45, 7) is 10.9. The third-order valence-corrected chi connectivity index (χ3v) is 9.31. The molecule has 1 aromatic heterocycles. The SMILES string of the molecule is CC1(C)[C@H]2CC[C@@]1(C)CN(C[C@H](O)Cn1c3ccc(Br)cc3c3cc(Br)ccc31)C2. The van der Waals surface area contributed by atoms with Gasteiger partial charge in [-0.1, -0.05) is 52.6 Å². The molecule has 1 saturated heterocycles. The Kier molecular flexibility index (Phi) is 5.13. The van der Waals surface area contributed by atoms with Crippen LogP contribution in [0, 0.1) is 16.7 Å². The van der Waals surface area contributed by atoms with Gasteiger partial charge in [0.2, 0.25) is 0 Å². The first-order chi connectivity index (χ1) is 14.2. The minimum atomic E-state index is -0.389. The number of nitrogens with zero attached hydrogens (tertiary/aromatic N) is 2. The first kappa shape index (κ1) is 21.0. The van der Waals surface area contributed by atoms with Gasteiger partial charge >= 0.3 is 0 Å². The van der Waals surface area contributed by atoms with Gasteiger partial charge in [-0.3, -0.25) is 4.90 Å². The summed E-state index contributed by atoms with van der Waals surface area (Å²) in [6.07, 6.45) is 2.25. The summed E-state index contributed by atoms with van der Waals surface area (Å²) in [5.74, 6) is 0.742. The Bertz CT molecular complexity index is 1060. The molecule has 3 aromatic rings. The van der Waals surface area contributed by atoms with E-state index in [0.29, 0.717) is 17.4 Å². The minimum Gasteiger partial charge on any atom is -0.390 e. The van der Waals surface area contributed by atoms with E-state index in [-0.39, 0.29) is 6.10 Å². The van der Waals surface area contributed by atoms with Crippen LogP contribution in [0.1, 0.15) is 33.6 Å². The summed E-state index contributed by atoms with van der Waals surface area (Å²) in [7, 11) is 0. The Balaban J connectivity index is 1.42. The first-order valence-electron chi connectivity index (χ1n) is 11.0. The number of benzene rings is 2. The molecule has 2 aliphatic rings. The first-order valence-corrected chi connectivity index (χ1v) is 12.5. The number of β-amino-alcohol motifs (C(OH)–C–C–N with tert-alkyl or cyclic N) is 1. The Morgan fingerprint density at radius 3 is 2.17 bits per heavy atom. The Labute approximate surface area is 195 Å². The summed E-state index contributed by atoms with van der Waals surface area (Å²) in [6, 6.07) is 12.8. The van der Waals surface area contributed by atoms with Crippen LogP contribution >= 0.6 is 31.9 Å². The Morgan fingerprint density at radius 2 is 1.60 bits per heavy atom. The highest BCUT2D eigenvalue weighted by Crippen LogP contribution is 2.58. The maximum Gasteiger partial charge on any atom is 0.0845 e. The normalized spacial score (nSPS) is 27.2. The number of piperidine rings is 1. The molecule has 5 rings (SSSR count). The highest BCUT2D eigenvalue weighted by atomic mass is 79.9. The van der Waals surface area contributed by atoms with Crippen molar-refractivity contribution in [2.45, 2.75) is 46.3 Å². The average molecular weight is 534 g/mol. The molecule has 1 aliphatic carbocycles. The summed E-state index contributed by atoms with van der Waals surface area (Å²) < 4.78 is 4.45. The van der Waals surface area contributed by atoms with Gasteiger partial charge in [0.15, 0.2) is 0 Å². The molecular formula is C25H30Br2N2O. The molecule has 2 aromatic carbocycles. The molecule has 1 aliphatic heterocycles. The van der Waals surface area contributed by atoms with Gasteiger partial charge in [-0.25, -0.2) is 0 Å². The lowest BCUT2D eigenvalue weighted by atomic mass is 9.63. The number of halogens is 2. The quantitative estimate of drug-likeness (QED) is 0.418. The minimum absolute atomic E-state index is 0.362. The van der Waals surface area contributed by atoms with Gasteiger partial charge in [-0.15, -0.1) is 0 Å². The second-order valence-corrected chi connectivity index (χ2v) is 12.1. The van der Waals surface area contributed by atoms with Crippen LogP contribution in [0.15, 0.2) is 45.3 Å². The van der Waals surface area contributed by atoms with Crippen molar-refractivity contribution in [3.63, 3.8) is 0 Å². The number of fused-ring (bicyclic) bond motifs is 5. The van der Waals surface area contributed by atoms with Crippen molar-refractivity contribution in [2.75, 3.05) is 19.6 Å². The van der Waals surface area contributed by atoms with E-state index < -0.39 is 0 Å². The van der Waals surface area contributed by atoms with Crippen LogP contribution in [0.2, 0.25) is 0 Å². The molecule has 0 amide bonds. The Morgan fingerprint density at radius 1 is 1.00 bits per heavy atom. The van der Waals surface area contributed by atoms with Crippen molar-refractivity contribution in [1.82, 2.24) is 9.47 Å². The Hall–Kier alpha value is -0.880. The number of hydrogen-bond acceptors (Lipinski definition) is 2. The lowest BCUT2D eigenvalue weighted by molar-refractivity contribution is -0.0345. The third-order valence-electron chi connectivity index (χ3n) is 8.32. The van der Waals surface area contributed by atoms with Crippen LogP contribution in [0.3, 0.4) is 0 Å². The van der Waals surface area contributed by atoms with Crippen molar-refractivity contribution < 1.29 is 5.11 Å². The standard InChI is InChI=1S/C25H30Br2N2O/c1-24(2)16-8-9-25(24,3)15-28(12-16)13-19(30)14-29-22-6-4-17(26)10-20(22)21-11-18(27)5-7-23(21)29/h4-7,10-11,16,19,30H,8-9,12-15H2,1-3H3/t16-,19-,25-/m0/s1. The second kappa shape index (κ2) is 7.33. The van der Waals surface area contributed by atoms with Crippen molar-refractivity contribution in [3.8, 4) is 0 Å². The zero-order chi connectivity index (χ0) is 21.3. The highest BCUT2D eigenvalue weighted by molar-refractivity contribution is 9.10. The number of likely N-dealkylation sites (tertiary alicyclic amines) is 1. The molecule has 0 radical (unpaired) electrons. The number of hydrogen-bond donors (Lipinski definition) is 1. The smallest absolute Gasteiger partial charge is 0.0845 e. The van der Waals surface area contributed by atoms with E-state index in [9.17, 15) is 5.11 Å². The number of aromatic nitrogens is 1. The van der Waals surface area contributed by atoms with Gasteiger partial charge in [-0.05, 0) is 66.0 Å². The van der Waals surface area contributed by atoms with Gasteiger partial charge in [0.25, 0.3) is 0 Å². The molecular weight excluding hydrogens is 504 g/mol. The van der Waals surface area contributed by atoms with E-state index in [1.165, 1.54) is 34.6 Å². The zero-order valence-electron chi connectivity index (χ0n) is 18.0. The molecule has 3 atom stereocenters. The van der Waals surface area contributed by atoms with Crippen LogP contribution in [0.4, 0.5) is 0 Å². The molecule has 2 fully saturated rings. The van der Waals surface area contributed by atoms with Gasteiger partial charge in [0.1, 0.15) is 0 Å². The topological polar surface area (TPSA) is 28.4 Å². The third kappa shape index (κ3) is 3.28. The van der Waals surface area contributed by atoms with Crippen molar-refractivity contribution in [2.24, 2.45) is 16.7 Å². The molecule has 2 heterocycles. The summed E-state index contributed by atoms with van der Waals surface area (Å²) in [5, 5.41) is 13.6. The average Bonchev–Trinajstić information content (AvgIpc) is 2.97. The van der Waals surface area contributed by atoms with Crippen LogP contribution < -0.4 is 0 Å². The molecule has 3 nitrogen and oxygen atoms in total. The van der Waals surface area contributed by atoms with E-state index in [4.69, 9.17) is 0 Å². The van der Waals surface area contributed by atoms with Crippen LogP contribution in [0.5, 0.6) is 0 Å². The fourth-order valence-electron chi connectivity index (χ4n) is 6.09. The number of aliphatic hydroxyl groups is 1. The van der Waals surface area contributed by atoms with E-state index in [2.05, 4.69) is 98.5 Å². The van der Waals surface area contributed by atoms with Crippen molar-refractivity contribution in [1.29, 1.82) is 0 Å². The predicted octanol–water partition coefficient (Wildman–Crippen LogP) is 6.44. The zero-order valence-corrected chi connectivity index (χ0v) is 21.1. The summed E-state index contributed by atoms with van der Waals surface area (Å²) >= 11 is 7.23. The van der Waals surface area contributed by atoms with Crippen molar-refractivity contribution >= 4 is 53.7 Å². The van der Waals surface area contributed by atoms with Gasteiger partial charge in [0, 0.05) is 50.4 Å². The molecule has 5 heteroatoms. The van der Waals surface area contributed by atoms with Crippen LogP contribution in [-0.4, -0.2) is 40.3 Å². The highest BCUT2D eigenvalue weighted by Gasteiger charge is 2.55. The van der Waals surface area contributed by atoms with Gasteiger partial charge in [0.05, 0.1) is 12.6 Å². The fourth-order valence-corrected chi connectivity index (χ4v) is 6.81. The molecule has 2 bridgehead atoms. The number of aliphatic hydroxyl groups excluding tert-OH is 1. The van der Waals surface area contributed by atoms with Gasteiger partial charge in [-0.2, -0.15) is 0 Å². The maximum atomic E-state index is 11.1. The molecule has 0 unspecified atom stereocenters. The van der Waals surface area contributed by atoms with E-state index in [0.717, 1.165) is 34.5 Å². The van der Waals surface area contributed by atoms with Crippen molar-refractivity contribution in [3.05, 3.63) is 45.3 Å². The lowest BCUT2D eigenvalue weighted by Crippen LogP contribution is -2.53.